The van der Waals surface area contributed by atoms with Gasteiger partial charge in [-0.05, 0) is 50.7 Å². The van der Waals surface area contributed by atoms with Crippen LogP contribution in [0.25, 0.3) is 0 Å². The summed E-state index contributed by atoms with van der Waals surface area (Å²) in [6.45, 7) is 13.1. The van der Waals surface area contributed by atoms with Crippen molar-refractivity contribution in [2.75, 3.05) is 43.9 Å². The van der Waals surface area contributed by atoms with Crippen LogP contribution in [-0.2, 0) is 9.59 Å². The van der Waals surface area contributed by atoms with Gasteiger partial charge < -0.3 is 25.7 Å². The second kappa shape index (κ2) is 47.6. The van der Waals surface area contributed by atoms with Crippen LogP contribution in [0.4, 0.5) is 11.4 Å². The lowest BCUT2D eigenvalue weighted by Crippen LogP contribution is -2.37. The highest BCUT2D eigenvalue weighted by Gasteiger charge is 2.19. The van der Waals surface area contributed by atoms with Gasteiger partial charge in [-0.2, -0.15) is 0 Å². The molecule has 60 heavy (non-hydrogen) atoms. The van der Waals surface area contributed by atoms with E-state index in [0.717, 1.165) is 31.3 Å². The molecule has 0 radical (unpaired) electrons. The number of nitrogens with zero attached hydrogens (tertiary/aromatic N) is 1. The molecule has 1 aromatic rings. The van der Waals surface area contributed by atoms with Gasteiger partial charge in [-0.25, -0.2) is 0 Å². The highest BCUT2D eigenvalue weighted by molar-refractivity contribution is 5.73. The molecule has 1 unspecified atom stereocenters. The van der Waals surface area contributed by atoms with Crippen molar-refractivity contribution in [3.63, 3.8) is 0 Å². The molecular weight excluding hydrogens is 751 g/mol. The molecule has 0 amide bonds. The smallest absolute Gasteiger partial charge is 0.290 e. The summed E-state index contributed by atoms with van der Waals surface area (Å²) in [6, 6.07) is 0. The summed E-state index contributed by atoms with van der Waals surface area (Å²) in [5.74, 6) is 1.86. The standard InChI is InChI=1S/C49H95N3O2.2CH2O2/c1-6-9-12-15-20-27-35-44(4)36-28-21-18-25-32-41-52(43-34-40-51-47-46(50-5)48(53)49(47)54)42-33-26-19-24-31-39-45(37-29-22-16-13-10-7-2)38-30-23-17-14-11-8-3;2*2-1-3/h44-45,50-51H,6-43H2,1-5H3;2*1H,(H,2,3). The quantitative estimate of drug-likeness (QED) is 0.0288. The fourth-order valence-corrected chi connectivity index (χ4v) is 8.58. The zero-order valence-corrected chi connectivity index (χ0v) is 40.2. The summed E-state index contributed by atoms with van der Waals surface area (Å²) in [4.78, 5) is 43.2. The van der Waals surface area contributed by atoms with Crippen LogP contribution in [-0.4, -0.2) is 61.3 Å². The Bertz CT molecular complexity index is 1090. The first kappa shape index (κ1) is 59.7. The van der Waals surface area contributed by atoms with Crippen molar-refractivity contribution in [1.82, 2.24) is 4.90 Å². The number of rotatable bonds is 43. The molecule has 0 aliphatic heterocycles. The molecule has 9 nitrogen and oxygen atoms in total. The van der Waals surface area contributed by atoms with E-state index in [1.165, 1.54) is 225 Å². The number of anilines is 2. The number of nitrogens with one attached hydrogen (secondary N) is 2. The highest BCUT2D eigenvalue weighted by atomic mass is 16.3. The van der Waals surface area contributed by atoms with Crippen LogP contribution in [0.5, 0.6) is 0 Å². The molecule has 0 heterocycles. The van der Waals surface area contributed by atoms with Crippen LogP contribution in [0.15, 0.2) is 9.59 Å². The number of carbonyl (C=O) groups is 2. The van der Waals surface area contributed by atoms with Crippen molar-refractivity contribution >= 4 is 24.3 Å². The average Bonchev–Trinajstić information content (AvgIpc) is 3.24. The fourth-order valence-electron chi connectivity index (χ4n) is 8.58. The Labute approximate surface area is 370 Å². The Morgan fingerprint density at radius 3 is 1.13 bits per heavy atom. The summed E-state index contributed by atoms with van der Waals surface area (Å²) >= 11 is 0. The normalized spacial score (nSPS) is 11.6. The van der Waals surface area contributed by atoms with Gasteiger partial charge >= 0.3 is 0 Å². The molecule has 0 spiro atoms. The van der Waals surface area contributed by atoms with Gasteiger partial charge in [-0.1, -0.05) is 227 Å². The third kappa shape index (κ3) is 37.4. The lowest BCUT2D eigenvalue weighted by Gasteiger charge is -2.23. The van der Waals surface area contributed by atoms with Crippen LogP contribution in [0.3, 0.4) is 0 Å². The van der Waals surface area contributed by atoms with E-state index in [4.69, 9.17) is 19.8 Å². The molecule has 1 atom stereocenters. The fraction of sp³-hybridized carbons (Fsp3) is 0.882. The molecule has 0 aliphatic rings. The Hall–Kier alpha value is -2.42. The summed E-state index contributed by atoms with van der Waals surface area (Å²) < 4.78 is 0. The number of unbranched alkanes of at least 4 members (excludes halogenated alkanes) is 23. The van der Waals surface area contributed by atoms with Crippen LogP contribution >= 0.6 is 0 Å². The minimum absolute atomic E-state index is 0.250. The highest BCUT2D eigenvalue weighted by Crippen LogP contribution is 2.25. The lowest BCUT2D eigenvalue weighted by atomic mass is 9.89. The van der Waals surface area contributed by atoms with Gasteiger partial charge in [0.25, 0.3) is 23.8 Å². The third-order valence-electron chi connectivity index (χ3n) is 12.4. The van der Waals surface area contributed by atoms with Crippen LogP contribution in [0, 0.1) is 11.8 Å². The first-order chi connectivity index (χ1) is 29.3. The third-order valence-corrected chi connectivity index (χ3v) is 12.4. The Balaban J connectivity index is 0. The maximum atomic E-state index is 12.0. The van der Waals surface area contributed by atoms with Crippen molar-refractivity contribution in [3.05, 3.63) is 20.4 Å². The molecule has 0 aliphatic carbocycles. The zero-order valence-electron chi connectivity index (χ0n) is 40.2. The van der Waals surface area contributed by atoms with E-state index in [1.807, 2.05) is 0 Å². The van der Waals surface area contributed by atoms with E-state index < -0.39 is 0 Å². The van der Waals surface area contributed by atoms with Gasteiger partial charge in [0.2, 0.25) is 0 Å². The first-order valence-corrected chi connectivity index (χ1v) is 25.4. The second-order valence-corrected chi connectivity index (χ2v) is 17.7. The van der Waals surface area contributed by atoms with E-state index >= 15 is 0 Å². The van der Waals surface area contributed by atoms with Crippen molar-refractivity contribution in [1.29, 1.82) is 0 Å². The van der Waals surface area contributed by atoms with Crippen molar-refractivity contribution in [2.45, 2.75) is 246 Å². The van der Waals surface area contributed by atoms with Gasteiger partial charge in [0.05, 0.1) is 0 Å². The van der Waals surface area contributed by atoms with Gasteiger partial charge in [0.1, 0.15) is 11.4 Å². The predicted molar refractivity (Wildman–Crippen MR) is 260 cm³/mol. The summed E-state index contributed by atoms with van der Waals surface area (Å²) in [6.07, 6.45) is 47.4. The van der Waals surface area contributed by atoms with Gasteiger partial charge in [-0.15, -0.1) is 0 Å². The van der Waals surface area contributed by atoms with Crippen molar-refractivity contribution < 1.29 is 19.8 Å². The zero-order chi connectivity index (χ0) is 44.7. The largest absolute Gasteiger partial charge is 0.483 e. The van der Waals surface area contributed by atoms with Crippen LogP contribution < -0.4 is 21.5 Å². The van der Waals surface area contributed by atoms with E-state index in [2.05, 4.69) is 43.2 Å². The Morgan fingerprint density at radius 1 is 0.467 bits per heavy atom. The summed E-state index contributed by atoms with van der Waals surface area (Å²) in [5, 5.41) is 19.9. The Kier molecular flexibility index (Phi) is 47.4. The topological polar surface area (TPSA) is 136 Å². The molecule has 354 valence electrons. The summed E-state index contributed by atoms with van der Waals surface area (Å²) in [7, 11) is 1.71. The molecular formula is C51H99N3O6. The van der Waals surface area contributed by atoms with Crippen molar-refractivity contribution in [2.24, 2.45) is 11.8 Å². The van der Waals surface area contributed by atoms with E-state index in [9.17, 15) is 9.59 Å². The summed E-state index contributed by atoms with van der Waals surface area (Å²) in [5.41, 5.74) is 0.172. The van der Waals surface area contributed by atoms with E-state index in [-0.39, 0.29) is 23.8 Å². The maximum absolute atomic E-state index is 12.0. The molecule has 1 rings (SSSR count). The number of carboxylic acid groups (broad SMARTS) is 2. The van der Waals surface area contributed by atoms with Crippen molar-refractivity contribution in [3.8, 4) is 0 Å². The SMILES string of the molecule is CCCCCCCCC(C)CCCCCCCN(CCCCCCCC(CCCCCCCC)CCCCCCCC)CCCNc1c(NC)c(=O)c1=O.O=CO.O=CO. The molecule has 0 saturated carbocycles. The Morgan fingerprint density at radius 2 is 0.767 bits per heavy atom. The lowest BCUT2D eigenvalue weighted by molar-refractivity contribution is -0.123. The van der Waals surface area contributed by atoms with Gasteiger partial charge in [0, 0.05) is 13.6 Å². The van der Waals surface area contributed by atoms with E-state index in [1.54, 1.807) is 7.05 Å². The monoisotopic (exact) mass is 850 g/mol. The molecule has 0 aromatic heterocycles. The number of hydrogen-bond acceptors (Lipinski definition) is 7. The molecule has 9 heteroatoms. The van der Waals surface area contributed by atoms with Gasteiger partial charge in [-0.3, -0.25) is 19.2 Å². The van der Waals surface area contributed by atoms with Gasteiger partial charge in [0.15, 0.2) is 0 Å². The molecule has 4 N–H and O–H groups in total. The molecule has 0 fully saturated rings. The van der Waals surface area contributed by atoms with Crippen LogP contribution in [0.2, 0.25) is 0 Å². The number of hydrogen-bond donors (Lipinski definition) is 4. The molecule has 1 aromatic carbocycles. The first-order valence-electron chi connectivity index (χ1n) is 25.4. The minimum Gasteiger partial charge on any atom is -0.483 e. The van der Waals surface area contributed by atoms with E-state index in [0.29, 0.717) is 11.4 Å². The maximum Gasteiger partial charge on any atom is 0.290 e. The molecule has 0 bridgehead atoms. The molecule has 0 saturated heterocycles. The van der Waals surface area contributed by atoms with Crippen LogP contribution in [0.1, 0.15) is 246 Å². The average molecular weight is 850 g/mol. The predicted octanol–water partition coefficient (Wildman–Crippen LogP) is 14.0. The second-order valence-electron chi connectivity index (χ2n) is 17.7. The minimum atomic E-state index is -0.389.